The molecule has 4 nitrogen and oxygen atoms in total. The first-order valence-electron chi connectivity index (χ1n) is 11.3. The van der Waals surface area contributed by atoms with Crippen LogP contribution in [0.4, 0.5) is 4.39 Å². The van der Waals surface area contributed by atoms with Gasteiger partial charge in [0.05, 0.1) is 12.7 Å². The molecular weight excluding hydrogens is 343 g/mol. The van der Waals surface area contributed by atoms with Gasteiger partial charge in [0, 0.05) is 6.04 Å². The summed E-state index contributed by atoms with van der Waals surface area (Å²) in [6.45, 7) is 2.31. The quantitative estimate of drug-likeness (QED) is 0.683. The van der Waals surface area contributed by atoms with E-state index < -0.39 is 12.1 Å². The van der Waals surface area contributed by atoms with E-state index in [1.807, 2.05) is 11.9 Å². The van der Waals surface area contributed by atoms with Gasteiger partial charge >= 0.3 is 5.97 Å². The summed E-state index contributed by atoms with van der Waals surface area (Å²) < 4.78 is 14.9. The Morgan fingerprint density at radius 3 is 2.59 bits per heavy atom. The Hall–Kier alpha value is -0.680. The second-order valence-corrected chi connectivity index (χ2v) is 9.45. The molecule has 0 radical (unpaired) electrons. The first-order valence-corrected chi connectivity index (χ1v) is 11.3. The number of carbonyl (C=O) groups is 1. The highest BCUT2D eigenvalue weighted by molar-refractivity contribution is 5.69. The molecule has 1 heterocycles. The van der Waals surface area contributed by atoms with Crippen molar-refractivity contribution in [3.05, 3.63) is 0 Å². The third kappa shape index (κ3) is 5.23. The molecule has 1 saturated heterocycles. The van der Waals surface area contributed by atoms with E-state index in [2.05, 4.69) is 12.2 Å². The first-order chi connectivity index (χ1) is 13.0. The molecule has 0 amide bonds. The maximum Gasteiger partial charge on any atom is 0.317 e. The molecule has 27 heavy (non-hydrogen) atoms. The van der Waals surface area contributed by atoms with Gasteiger partial charge in [0.2, 0.25) is 0 Å². The molecule has 0 aromatic rings. The topological polar surface area (TPSA) is 52.6 Å². The minimum absolute atomic E-state index is 0.0462. The van der Waals surface area contributed by atoms with Gasteiger partial charge in [-0.3, -0.25) is 15.0 Å². The number of carboxylic acids is 1. The summed E-state index contributed by atoms with van der Waals surface area (Å²) in [5.74, 6) is 1.15. The minimum Gasteiger partial charge on any atom is -0.480 e. The van der Waals surface area contributed by atoms with Crippen molar-refractivity contribution < 1.29 is 14.3 Å². The zero-order valence-electron chi connectivity index (χ0n) is 17.2. The Morgan fingerprint density at radius 2 is 1.89 bits per heavy atom. The van der Waals surface area contributed by atoms with Crippen LogP contribution in [0, 0.1) is 23.7 Å². The molecule has 5 heteroatoms. The van der Waals surface area contributed by atoms with E-state index in [-0.39, 0.29) is 18.6 Å². The zero-order chi connectivity index (χ0) is 19.4. The molecule has 2 saturated carbocycles. The highest BCUT2D eigenvalue weighted by Gasteiger charge is 2.46. The second kappa shape index (κ2) is 9.69. The predicted octanol–water partition coefficient (Wildman–Crippen LogP) is 4.44. The number of likely N-dealkylation sites (N-methyl/N-ethyl adjacent to an activating group) is 1. The average Bonchev–Trinajstić information content (AvgIpc) is 2.65. The fraction of sp³-hybridized carbons (Fsp3) is 0.955. The van der Waals surface area contributed by atoms with Gasteiger partial charge in [0.25, 0.3) is 0 Å². The zero-order valence-corrected chi connectivity index (χ0v) is 17.2. The van der Waals surface area contributed by atoms with Crippen LogP contribution in [-0.2, 0) is 4.79 Å². The summed E-state index contributed by atoms with van der Waals surface area (Å²) in [5, 5.41) is 13.0. The van der Waals surface area contributed by atoms with E-state index in [1.165, 1.54) is 32.1 Å². The second-order valence-electron chi connectivity index (χ2n) is 9.45. The fourth-order valence-corrected chi connectivity index (χ4v) is 6.20. The molecule has 2 aliphatic carbocycles. The van der Waals surface area contributed by atoms with Crippen molar-refractivity contribution >= 4 is 5.97 Å². The highest BCUT2D eigenvalue weighted by atomic mass is 19.1. The smallest absolute Gasteiger partial charge is 0.317 e. The van der Waals surface area contributed by atoms with Crippen molar-refractivity contribution in [2.75, 3.05) is 13.6 Å². The average molecular weight is 383 g/mol. The monoisotopic (exact) mass is 382 g/mol. The Kier molecular flexibility index (Phi) is 7.55. The molecule has 0 spiro atoms. The van der Waals surface area contributed by atoms with Crippen LogP contribution in [0.3, 0.4) is 0 Å². The fourth-order valence-electron chi connectivity index (χ4n) is 6.20. The summed E-state index contributed by atoms with van der Waals surface area (Å²) in [7, 11) is 1.89. The Labute approximate surface area is 164 Å². The molecule has 0 bridgehead atoms. The molecule has 1 aliphatic heterocycles. The maximum atomic E-state index is 14.9. The predicted molar refractivity (Wildman–Crippen MR) is 106 cm³/mol. The van der Waals surface area contributed by atoms with E-state index in [4.69, 9.17) is 0 Å². The standard InChI is InChI=1S/C22H39FN2O2/c1-3-4-7-15-10-11-20-18(12-15)17(16-8-5-6-9-19(16)23)13-21(24-20)25(2)14-22(26)27/h15-21,24H,3-14H2,1-2H3,(H,26,27). The number of carboxylic acid groups (broad SMARTS) is 1. The Morgan fingerprint density at radius 1 is 1.11 bits per heavy atom. The van der Waals surface area contributed by atoms with Crippen molar-refractivity contribution in [2.45, 2.75) is 95.9 Å². The third-order valence-electron chi connectivity index (χ3n) is 7.62. The van der Waals surface area contributed by atoms with Crippen LogP contribution >= 0.6 is 0 Å². The number of alkyl halides is 1. The lowest BCUT2D eigenvalue weighted by Crippen LogP contribution is -2.61. The van der Waals surface area contributed by atoms with Gasteiger partial charge < -0.3 is 5.11 Å². The van der Waals surface area contributed by atoms with Crippen LogP contribution < -0.4 is 5.32 Å². The van der Waals surface area contributed by atoms with Crippen molar-refractivity contribution in [2.24, 2.45) is 23.7 Å². The summed E-state index contributed by atoms with van der Waals surface area (Å²) in [6, 6.07) is 0.428. The van der Waals surface area contributed by atoms with Gasteiger partial charge in [0.15, 0.2) is 0 Å². The first kappa shape index (κ1) is 21.0. The van der Waals surface area contributed by atoms with E-state index >= 15 is 0 Å². The molecule has 0 aromatic heterocycles. The van der Waals surface area contributed by atoms with E-state index in [9.17, 15) is 14.3 Å². The molecule has 3 fully saturated rings. The largest absolute Gasteiger partial charge is 0.480 e. The number of nitrogens with one attached hydrogen (secondary N) is 1. The maximum absolute atomic E-state index is 14.9. The van der Waals surface area contributed by atoms with E-state index in [0.29, 0.717) is 17.9 Å². The molecule has 156 valence electrons. The number of hydrogen-bond acceptors (Lipinski definition) is 3. The van der Waals surface area contributed by atoms with E-state index in [0.717, 1.165) is 44.4 Å². The van der Waals surface area contributed by atoms with Crippen molar-refractivity contribution in [1.29, 1.82) is 0 Å². The summed E-state index contributed by atoms with van der Waals surface area (Å²) in [4.78, 5) is 13.1. The van der Waals surface area contributed by atoms with Crippen LogP contribution in [-0.4, -0.2) is 47.9 Å². The number of aliphatic carboxylic acids is 1. The van der Waals surface area contributed by atoms with Crippen LogP contribution in [0.1, 0.15) is 77.6 Å². The lowest BCUT2D eigenvalue weighted by atomic mass is 9.61. The molecule has 0 aromatic carbocycles. The lowest BCUT2D eigenvalue weighted by molar-refractivity contribution is -0.139. The Bertz CT molecular complexity index is 489. The number of unbranched alkanes of at least 4 members (excludes halogenated alkanes) is 1. The summed E-state index contributed by atoms with van der Waals surface area (Å²) >= 11 is 0. The van der Waals surface area contributed by atoms with Crippen molar-refractivity contribution in [3.63, 3.8) is 0 Å². The summed E-state index contributed by atoms with van der Waals surface area (Å²) in [5.41, 5.74) is 0. The molecular formula is C22H39FN2O2. The molecule has 3 aliphatic rings. The third-order valence-corrected chi connectivity index (χ3v) is 7.62. The number of nitrogens with zero attached hydrogens (tertiary/aromatic N) is 1. The van der Waals surface area contributed by atoms with Gasteiger partial charge in [-0.2, -0.15) is 0 Å². The number of hydrogen-bond donors (Lipinski definition) is 2. The van der Waals surface area contributed by atoms with Crippen LogP contribution in [0.25, 0.3) is 0 Å². The van der Waals surface area contributed by atoms with Gasteiger partial charge in [-0.15, -0.1) is 0 Å². The normalized spacial score (nSPS) is 39.9. The highest BCUT2D eigenvalue weighted by Crippen LogP contribution is 2.47. The summed E-state index contributed by atoms with van der Waals surface area (Å²) in [6.07, 6.45) is 11.8. The molecule has 7 atom stereocenters. The van der Waals surface area contributed by atoms with Crippen LogP contribution in [0.2, 0.25) is 0 Å². The number of rotatable bonds is 7. The number of piperidine rings is 1. The molecule has 7 unspecified atom stereocenters. The SMILES string of the molecule is CCCCC1CCC2NC(N(C)CC(=O)O)CC(C3CCCCC3F)C2C1. The van der Waals surface area contributed by atoms with Crippen LogP contribution in [0.15, 0.2) is 0 Å². The van der Waals surface area contributed by atoms with Crippen molar-refractivity contribution in [1.82, 2.24) is 10.2 Å². The van der Waals surface area contributed by atoms with Gasteiger partial charge in [-0.05, 0) is 69.2 Å². The lowest BCUT2D eigenvalue weighted by Gasteiger charge is -2.52. The molecule has 2 N–H and O–H groups in total. The van der Waals surface area contributed by atoms with E-state index in [1.54, 1.807) is 0 Å². The van der Waals surface area contributed by atoms with Crippen molar-refractivity contribution in [3.8, 4) is 0 Å². The Balaban J connectivity index is 1.74. The molecule has 3 rings (SSSR count). The van der Waals surface area contributed by atoms with Gasteiger partial charge in [-0.25, -0.2) is 4.39 Å². The number of fused-ring (bicyclic) bond motifs is 1. The van der Waals surface area contributed by atoms with Gasteiger partial charge in [-0.1, -0.05) is 39.0 Å². The minimum atomic E-state index is -0.790. The van der Waals surface area contributed by atoms with Crippen LogP contribution in [0.5, 0.6) is 0 Å². The van der Waals surface area contributed by atoms with Gasteiger partial charge in [0.1, 0.15) is 6.17 Å². The number of halogens is 1.